The Kier molecular flexibility index (Phi) is 5.56. The first-order chi connectivity index (χ1) is 8.74. The van der Waals surface area contributed by atoms with E-state index in [4.69, 9.17) is 4.74 Å². The van der Waals surface area contributed by atoms with Crippen LogP contribution in [0.2, 0.25) is 0 Å². The monoisotopic (exact) mass is 290 g/mol. The van der Waals surface area contributed by atoms with Gasteiger partial charge in [0.1, 0.15) is 15.4 Å². The summed E-state index contributed by atoms with van der Waals surface area (Å²) in [6.45, 7) is 6.13. The largest absolute Gasteiger partial charge is 0.368 e. The molecule has 0 aliphatic heterocycles. The first-order valence-electron chi connectivity index (χ1n) is 7.11. The molecule has 112 valence electrons. The molecule has 0 spiro atoms. The van der Waals surface area contributed by atoms with Crippen molar-refractivity contribution in [2.75, 3.05) is 12.9 Å². The van der Waals surface area contributed by atoms with E-state index in [0.717, 1.165) is 12.8 Å². The zero-order valence-corrected chi connectivity index (χ0v) is 13.3. The van der Waals surface area contributed by atoms with Gasteiger partial charge in [0.2, 0.25) is 0 Å². The van der Waals surface area contributed by atoms with Crippen LogP contribution < -0.4 is 0 Å². The highest BCUT2D eigenvalue weighted by molar-refractivity contribution is 7.91. The van der Waals surface area contributed by atoms with Crippen molar-refractivity contribution < 1.29 is 17.9 Å². The molecular formula is C14H26O4S. The standard InChI is InChI=1S/C14H26O4S/c1-5-14(3,18-6-2)13(15)11-8-7-9-12(10-11)19(4,16)17/h11-12H,5-10H2,1-4H3. The zero-order chi connectivity index (χ0) is 14.7. The van der Waals surface area contributed by atoms with Crippen molar-refractivity contribution in [1.82, 2.24) is 0 Å². The molecule has 1 aliphatic carbocycles. The molecule has 0 bridgehead atoms. The molecule has 1 aliphatic rings. The second-order valence-corrected chi connectivity index (χ2v) is 8.02. The van der Waals surface area contributed by atoms with Crippen molar-refractivity contribution >= 4 is 15.6 Å². The van der Waals surface area contributed by atoms with E-state index in [1.807, 2.05) is 20.8 Å². The van der Waals surface area contributed by atoms with Gasteiger partial charge in [0.15, 0.2) is 5.78 Å². The van der Waals surface area contributed by atoms with Crippen LogP contribution in [0.1, 0.15) is 52.9 Å². The Morgan fingerprint density at radius 1 is 1.32 bits per heavy atom. The number of rotatable bonds is 6. The van der Waals surface area contributed by atoms with Crippen LogP contribution in [-0.4, -0.2) is 37.9 Å². The van der Waals surface area contributed by atoms with Crippen LogP contribution in [0.5, 0.6) is 0 Å². The number of carbonyl (C=O) groups is 1. The first kappa shape index (κ1) is 16.6. The highest BCUT2D eigenvalue weighted by atomic mass is 32.2. The van der Waals surface area contributed by atoms with Crippen molar-refractivity contribution in [3.8, 4) is 0 Å². The summed E-state index contributed by atoms with van der Waals surface area (Å²) in [5.41, 5.74) is -0.765. The van der Waals surface area contributed by atoms with Crippen molar-refractivity contribution in [1.29, 1.82) is 0 Å². The maximum absolute atomic E-state index is 12.6. The van der Waals surface area contributed by atoms with Gasteiger partial charge in [0.05, 0.1) is 5.25 Å². The fraction of sp³-hybridized carbons (Fsp3) is 0.929. The Bertz CT molecular complexity index is 415. The Morgan fingerprint density at radius 3 is 2.42 bits per heavy atom. The van der Waals surface area contributed by atoms with Crippen LogP contribution in [0.25, 0.3) is 0 Å². The van der Waals surface area contributed by atoms with E-state index in [1.165, 1.54) is 6.26 Å². The first-order valence-corrected chi connectivity index (χ1v) is 9.07. The molecule has 3 atom stereocenters. The van der Waals surface area contributed by atoms with Crippen molar-refractivity contribution in [2.24, 2.45) is 5.92 Å². The molecule has 0 aromatic rings. The molecular weight excluding hydrogens is 264 g/mol. The lowest BCUT2D eigenvalue weighted by Gasteiger charge is -2.34. The molecule has 19 heavy (non-hydrogen) atoms. The molecule has 0 heterocycles. The topological polar surface area (TPSA) is 60.4 Å². The molecule has 0 amide bonds. The molecule has 0 N–H and O–H groups in total. The Labute approximate surface area is 116 Å². The molecule has 4 nitrogen and oxygen atoms in total. The normalized spacial score (nSPS) is 27.8. The van der Waals surface area contributed by atoms with Crippen molar-refractivity contribution in [3.63, 3.8) is 0 Å². The summed E-state index contributed by atoms with van der Waals surface area (Å²) in [7, 11) is -3.05. The molecule has 5 heteroatoms. The number of sulfone groups is 1. The van der Waals surface area contributed by atoms with Crippen LogP contribution in [0.3, 0.4) is 0 Å². The van der Waals surface area contributed by atoms with Gasteiger partial charge < -0.3 is 4.74 Å². The van der Waals surface area contributed by atoms with Gasteiger partial charge in [-0.05, 0) is 39.5 Å². The molecule has 0 saturated heterocycles. The van der Waals surface area contributed by atoms with Crippen molar-refractivity contribution in [3.05, 3.63) is 0 Å². The van der Waals surface area contributed by atoms with Gasteiger partial charge in [-0.15, -0.1) is 0 Å². The van der Waals surface area contributed by atoms with E-state index >= 15 is 0 Å². The van der Waals surface area contributed by atoms with E-state index in [1.54, 1.807) is 0 Å². The fourth-order valence-corrected chi connectivity index (χ4v) is 4.05. The SMILES string of the molecule is CCOC(C)(CC)C(=O)C1CCCC(S(C)(=O)=O)C1. The van der Waals surface area contributed by atoms with E-state index in [9.17, 15) is 13.2 Å². The van der Waals surface area contributed by atoms with Crippen LogP contribution >= 0.6 is 0 Å². The predicted molar refractivity (Wildman–Crippen MR) is 75.9 cm³/mol. The van der Waals surface area contributed by atoms with E-state index in [2.05, 4.69) is 0 Å². The Hall–Kier alpha value is -0.420. The molecule has 0 aromatic carbocycles. The Morgan fingerprint density at radius 2 is 1.95 bits per heavy atom. The third-order valence-electron chi connectivity index (χ3n) is 4.26. The van der Waals surface area contributed by atoms with Crippen LogP contribution in [0.15, 0.2) is 0 Å². The summed E-state index contributed by atoms with van der Waals surface area (Å²) in [6.07, 6.45) is 4.62. The predicted octanol–water partition coefficient (Wildman–Crippen LogP) is 2.36. The van der Waals surface area contributed by atoms with Crippen LogP contribution in [0, 0.1) is 5.92 Å². The number of carbonyl (C=O) groups excluding carboxylic acids is 1. The second-order valence-electron chi connectivity index (χ2n) is 5.70. The minimum absolute atomic E-state index is 0.0743. The van der Waals surface area contributed by atoms with Crippen LogP contribution in [0.4, 0.5) is 0 Å². The molecule has 1 rings (SSSR count). The van der Waals surface area contributed by atoms with E-state index in [-0.39, 0.29) is 17.0 Å². The maximum Gasteiger partial charge on any atom is 0.167 e. The van der Waals surface area contributed by atoms with Gasteiger partial charge in [-0.2, -0.15) is 0 Å². The molecule has 1 fully saturated rings. The maximum atomic E-state index is 12.6. The van der Waals surface area contributed by atoms with Crippen LogP contribution in [-0.2, 0) is 19.4 Å². The lowest BCUT2D eigenvalue weighted by atomic mass is 9.79. The number of ketones is 1. The number of Topliss-reactive ketones (excluding diaryl/α,β-unsaturated/α-hetero) is 1. The summed E-state index contributed by atoms with van der Waals surface area (Å²) < 4.78 is 28.9. The van der Waals surface area contributed by atoms with Crippen molar-refractivity contribution in [2.45, 2.75) is 63.7 Å². The summed E-state index contributed by atoms with van der Waals surface area (Å²) in [6, 6.07) is 0. The van der Waals surface area contributed by atoms with E-state index in [0.29, 0.717) is 25.9 Å². The summed E-state index contributed by atoms with van der Waals surface area (Å²) in [5, 5.41) is -0.363. The summed E-state index contributed by atoms with van der Waals surface area (Å²) in [4.78, 5) is 12.6. The third-order valence-corrected chi connectivity index (χ3v) is 5.90. The molecule has 0 aromatic heterocycles. The zero-order valence-electron chi connectivity index (χ0n) is 12.4. The van der Waals surface area contributed by atoms with Gasteiger partial charge in [0, 0.05) is 18.8 Å². The van der Waals surface area contributed by atoms with Gasteiger partial charge in [0.25, 0.3) is 0 Å². The quantitative estimate of drug-likeness (QED) is 0.753. The van der Waals surface area contributed by atoms with Gasteiger partial charge in [-0.25, -0.2) is 8.42 Å². The average molecular weight is 290 g/mol. The summed E-state index contributed by atoms with van der Waals surface area (Å²) in [5.74, 6) is -0.102. The molecule has 3 unspecified atom stereocenters. The minimum Gasteiger partial charge on any atom is -0.368 e. The molecule has 0 radical (unpaired) electrons. The molecule has 1 saturated carbocycles. The second kappa shape index (κ2) is 6.35. The number of hydrogen-bond acceptors (Lipinski definition) is 4. The lowest BCUT2D eigenvalue weighted by molar-refractivity contribution is -0.147. The van der Waals surface area contributed by atoms with Gasteiger partial charge in [-0.3, -0.25) is 4.79 Å². The highest BCUT2D eigenvalue weighted by Crippen LogP contribution is 2.33. The number of ether oxygens (including phenoxy) is 1. The average Bonchev–Trinajstić information content (AvgIpc) is 2.37. The smallest absolute Gasteiger partial charge is 0.167 e. The fourth-order valence-electron chi connectivity index (χ4n) is 2.87. The number of hydrogen-bond donors (Lipinski definition) is 0. The van der Waals surface area contributed by atoms with Gasteiger partial charge >= 0.3 is 0 Å². The lowest BCUT2D eigenvalue weighted by Crippen LogP contribution is -2.44. The minimum atomic E-state index is -3.05. The van der Waals surface area contributed by atoms with Gasteiger partial charge in [-0.1, -0.05) is 13.3 Å². The Balaban J connectivity index is 2.82. The highest BCUT2D eigenvalue weighted by Gasteiger charge is 2.40. The van der Waals surface area contributed by atoms with E-state index < -0.39 is 15.4 Å². The third kappa shape index (κ3) is 4.02. The summed E-state index contributed by atoms with van der Waals surface area (Å²) >= 11 is 0.